The molecular formula is C17H32N4O3. The average molecular weight is 340 g/mol. The van der Waals surface area contributed by atoms with Crippen LogP contribution in [0, 0.1) is 11.8 Å². The number of nitrogens with two attached hydrogens (primary N) is 1. The van der Waals surface area contributed by atoms with E-state index in [0.29, 0.717) is 12.5 Å². The van der Waals surface area contributed by atoms with Crippen LogP contribution in [-0.2, 0) is 9.53 Å². The van der Waals surface area contributed by atoms with Gasteiger partial charge in [-0.05, 0) is 45.7 Å². The molecule has 2 atom stereocenters. The summed E-state index contributed by atoms with van der Waals surface area (Å²) >= 11 is 0. The lowest BCUT2D eigenvalue weighted by molar-refractivity contribution is -0.123. The first-order valence-corrected chi connectivity index (χ1v) is 9.22. The van der Waals surface area contributed by atoms with E-state index in [4.69, 9.17) is 10.5 Å². The molecular weight excluding hydrogens is 308 g/mol. The van der Waals surface area contributed by atoms with E-state index in [9.17, 15) is 9.59 Å². The molecule has 2 rings (SSSR count). The lowest BCUT2D eigenvalue weighted by Crippen LogP contribution is -2.44. The molecule has 0 aromatic heterocycles. The van der Waals surface area contributed by atoms with Crippen molar-refractivity contribution in [2.24, 2.45) is 17.6 Å². The zero-order valence-corrected chi connectivity index (χ0v) is 14.8. The second-order valence-corrected chi connectivity index (χ2v) is 6.90. The standard InChI is InChI=1S/C17H32N4O3/c1-2-21(11-14-6-10-24-13-14)17(23)19-7-4-9-20-8-3-5-15(12-20)16(18)22/h14-15H,2-13H2,1H3,(H2,18,22)(H,19,23)/t14-,15-/m0/s1. The fraction of sp³-hybridized carbons (Fsp3) is 0.882. The van der Waals surface area contributed by atoms with Gasteiger partial charge >= 0.3 is 6.03 Å². The van der Waals surface area contributed by atoms with Gasteiger partial charge in [0, 0.05) is 38.7 Å². The van der Waals surface area contributed by atoms with E-state index in [-0.39, 0.29) is 17.9 Å². The summed E-state index contributed by atoms with van der Waals surface area (Å²) in [6.45, 7) is 8.40. The summed E-state index contributed by atoms with van der Waals surface area (Å²) in [4.78, 5) is 27.7. The minimum absolute atomic E-state index is 0.0121. The third-order valence-corrected chi connectivity index (χ3v) is 5.01. The molecule has 2 aliphatic heterocycles. The number of urea groups is 1. The van der Waals surface area contributed by atoms with Crippen LogP contribution in [0.25, 0.3) is 0 Å². The van der Waals surface area contributed by atoms with E-state index in [1.165, 1.54) is 0 Å². The molecule has 2 heterocycles. The highest BCUT2D eigenvalue weighted by molar-refractivity contribution is 5.77. The molecule has 2 aliphatic rings. The monoisotopic (exact) mass is 340 g/mol. The van der Waals surface area contributed by atoms with E-state index < -0.39 is 0 Å². The van der Waals surface area contributed by atoms with Gasteiger partial charge in [0.15, 0.2) is 0 Å². The van der Waals surface area contributed by atoms with Crippen molar-refractivity contribution in [3.63, 3.8) is 0 Å². The summed E-state index contributed by atoms with van der Waals surface area (Å²) in [5, 5.41) is 3.01. The molecule has 0 unspecified atom stereocenters. The first-order valence-electron chi connectivity index (χ1n) is 9.22. The zero-order chi connectivity index (χ0) is 17.4. The lowest BCUT2D eigenvalue weighted by atomic mass is 9.97. The Labute approximate surface area is 144 Å². The number of nitrogens with zero attached hydrogens (tertiary/aromatic N) is 2. The Morgan fingerprint density at radius 1 is 1.38 bits per heavy atom. The van der Waals surface area contributed by atoms with Crippen molar-refractivity contribution in [1.29, 1.82) is 0 Å². The van der Waals surface area contributed by atoms with Crippen LogP contribution in [0.4, 0.5) is 4.79 Å². The van der Waals surface area contributed by atoms with Gasteiger partial charge in [0.25, 0.3) is 0 Å². The maximum absolute atomic E-state index is 12.3. The first kappa shape index (κ1) is 19.0. The number of amides is 3. The second kappa shape index (κ2) is 9.84. The Balaban J connectivity index is 1.61. The molecule has 24 heavy (non-hydrogen) atoms. The molecule has 2 saturated heterocycles. The van der Waals surface area contributed by atoms with E-state index in [2.05, 4.69) is 10.2 Å². The summed E-state index contributed by atoms with van der Waals surface area (Å²) < 4.78 is 5.38. The normalized spacial score (nSPS) is 24.7. The fourth-order valence-electron chi connectivity index (χ4n) is 3.50. The molecule has 0 aromatic rings. The summed E-state index contributed by atoms with van der Waals surface area (Å²) in [6, 6.07) is 0.0121. The van der Waals surface area contributed by atoms with Gasteiger partial charge in [-0.3, -0.25) is 4.79 Å². The number of likely N-dealkylation sites (tertiary alicyclic amines) is 1. The second-order valence-electron chi connectivity index (χ2n) is 6.90. The van der Waals surface area contributed by atoms with Crippen molar-refractivity contribution in [2.45, 2.75) is 32.6 Å². The van der Waals surface area contributed by atoms with Crippen molar-refractivity contribution in [1.82, 2.24) is 15.1 Å². The van der Waals surface area contributed by atoms with Crippen LogP contribution >= 0.6 is 0 Å². The van der Waals surface area contributed by atoms with Crippen LogP contribution in [0.2, 0.25) is 0 Å². The largest absolute Gasteiger partial charge is 0.381 e. The van der Waals surface area contributed by atoms with Crippen molar-refractivity contribution < 1.29 is 14.3 Å². The number of carbonyl (C=O) groups is 2. The van der Waals surface area contributed by atoms with E-state index >= 15 is 0 Å². The Morgan fingerprint density at radius 3 is 2.88 bits per heavy atom. The third-order valence-electron chi connectivity index (χ3n) is 5.01. The van der Waals surface area contributed by atoms with Gasteiger partial charge in [-0.1, -0.05) is 0 Å². The fourth-order valence-corrected chi connectivity index (χ4v) is 3.50. The van der Waals surface area contributed by atoms with Gasteiger partial charge in [-0.2, -0.15) is 0 Å². The molecule has 0 aliphatic carbocycles. The van der Waals surface area contributed by atoms with Crippen LogP contribution in [0.1, 0.15) is 32.6 Å². The zero-order valence-electron chi connectivity index (χ0n) is 14.8. The lowest BCUT2D eigenvalue weighted by Gasteiger charge is -2.31. The quantitative estimate of drug-likeness (QED) is 0.635. The Kier molecular flexibility index (Phi) is 7.78. The van der Waals surface area contributed by atoms with E-state index in [0.717, 1.165) is 71.6 Å². The topological polar surface area (TPSA) is 87.9 Å². The van der Waals surface area contributed by atoms with Crippen molar-refractivity contribution >= 4 is 11.9 Å². The summed E-state index contributed by atoms with van der Waals surface area (Å²) in [5.74, 6) is 0.259. The predicted molar refractivity (Wildman–Crippen MR) is 92.5 cm³/mol. The molecule has 138 valence electrons. The van der Waals surface area contributed by atoms with Gasteiger partial charge in [-0.25, -0.2) is 4.79 Å². The summed E-state index contributed by atoms with van der Waals surface area (Å²) in [6.07, 6.45) is 3.85. The first-order chi connectivity index (χ1) is 11.6. The average Bonchev–Trinajstić information content (AvgIpc) is 3.09. The maximum Gasteiger partial charge on any atom is 0.317 e. The highest BCUT2D eigenvalue weighted by Gasteiger charge is 2.24. The molecule has 0 aromatic carbocycles. The SMILES string of the molecule is CCN(C[C@@H]1CCOC1)C(=O)NCCCN1CCC[C@H](C(N)=O)C1. The molecule has 3 N–H and O–H groups in total. The van der Waals surface area contributed by atoms with Gasteiger partial charge in [0.05, 0.1) is 12.5 Å². The Bertz CT molecular complexity index is 413. The van der Waals surface area contributed by atoms with Gasteiger partial charge in [0.1, 0.15) is 0 Å². The van der Waals surface area contributed by atoms with Crippen molar-refractivity contribution in [2.75, 3.05) is 52.5 Å². The molecule has 7 heteroatoms. The Morgan fingerprint density at radius 2 is 2.21 bits per heavy atom. The van der Waals surface area contributed by atoms with Crippen LogP contribution in [0.5, 0.6) is 0 Å². The van der Waals surface area contributed by atoms with Crippen LogP contribution < -0.4 is 11.1 Å². The number of primary amides is 1. The number of hydrogen-bond acceptors (Lipinski definition) is 4. The molecule has 0 spiro atoms. The molecule has 0 bridgehead atoms. The van der Waals surface area contributed by atoms with Crippen LogP contribution in [0.3, 0.4) is 0 Å². The molecule has 0 saturated carbocycles. The van der Waals surface area contributed by atoms with Gasteiger partial charge in [0.2, 0.25) is 5.91 Å². The number of carbonyl (C=O) groups excluding carboxylic acids is 2. The summed E-state index contributed by atoms with van der Waals surface area (Å²) in [5.41, 5.74) is 5.40. The van der Waals surface area contributed by atoms with Crippen molar-refractivity contribution in [3.05, 3.63) is 0 Å². The molecule has 7 nitrogen and oxygen atoms in total. The summed E-state index contributed by atoms with van der Waals surface area (Å²) in [7, 11) is 0. The van der Waals surface area contributed by atoms with Gasteiger partial charge < -0.3 is 25.6 Å². The van der Waals surface area contributed by atoms with Gasteiger partial charge in [-0.15, -0.1) is 0 Å². The van der Waals surface area contributed by atoms with E-state index in [1.54, 1.807) is 0 Å². The maximum atomic E-state index is 12.3. The number of piperidine rings is 1. The third kappa shape index (κ3) is 5.94. The number of nitrogens with one attached hydrogen (secondary N) is 1. The van der Waals surface area contributed by atoms with E-state index in [1.807, 2.05) is 11.8 Å². The number of ether oxygens (including phenoxy) is 1. The number of rotatable bonds is 8. The highest BCUT2D eigenvalue weighted by atomic mass is 16.5. The van der Waals surface area contributed by atoms with Crippen molar-refractivity contribution in [3.8, 4) is 0 Å². The molecule has 0 radical (unpaired) electrons. The number of hydrogen-bond donors (Lipinski definition) is 2. The van der Waals surface area contributed by atoms with Crippen LogP contribution in [-0.4, -0.2) is 74.2 Å². The minimum atomic E-state index is -0.192. The highest BCUT2D eigenvalue weighted by Crippen LogP contribution is 2.16. The predicted octanol–water partition coefficient (Wildman–Crippen LogP) is 0.642. The molecule has 2 fully saturated rings. The Hall–Kier alpha value is -1.34. The smallest absolute Gasteiger partial charge is 0.317 e. The van der Waals surface area contributed by atoms with Crippen LogP contribution in [0.15, 0.2) is 0 Å². The molecule has 3 amide bonds. The minimum Gasteiger partial charge on any atom is -0.381 e.